The summed E-state index contributed by atoms with van der Waals surface area (Å²) in [6.45, 7) is 3.99. The number of aryl methyl sites for hydroxylation is 2. The van der Waals surface area contributed by atoms with Crippen LogP contribution >= 0.6 is 0 Å². The van der Waals surface area contributed by atoms with Crippen LogP contribution in [0.1, 0.15) is 56.4 Å². The first kappa shape index (κ1) is 25.3. The van der Waals surface area contributed by atoms with Gasteiger partial charge in [0.1, 0.15) is 17.3 Å². The van der Waals surface area contributed by atoms with Gasteiger partial charge in [0, 0.05) is 17.5 Å². The lowest BCUT2D eigenvalue weighted by molar-refractivity contribution is -0.0906. The molecule has 0 amide bonds. The van der Waals surface area contributed by atoms with E-state index in [1.54, 1.807) is 7.11 Å². The van der Waals surface area contributed by atoms with Crippen molar-refractivity contribution in [3.8, 4) is 11.5 Å². The van der Waals surface area contributed by atoms with Crippen molar-refractivity contribution in [2.24, 2.45) is 0 Å². The highest BCUT2D eigenvalue weighted by molar-refractivity contribution is 5.66. The average Bonchev–Trinajstić information content (AvgIpc) is 3.36. The van der Waals surface area contributed by atoms with Crippen LogP contribution in [0.15, 0.2) is 102 Å². The van der Waals surface area contributed by atoms with E-state index in [0.717, 1.165) is 27.8 Å². The maximum absolute atomic E-state index is 14.1. The Morgan fingerprint density at radius 1 is 0.951 bits per heavy atom. The van der Waals surface area contributed by atoms with Gasteiger partial charge in [0.15, 0.2) is 11.2 Å². The van der Waals surface area contributed by atoms with E-state index in [9.17, 15) is 9.90 Å². The molecular formula is C35H30N2O4. The molecule has 41 heavy (non-hydrogen) atoms. The quantitative estimate of drug-likeness (QED) is 0.300. The van der Waals surface area contributed by atoms with Gasteiger partial charge < -0.3 is 19.6 Å². The largest absolute Gasteiger partial charge is 0.497 e. The van der Waals surface area contributed by atoms with Crippen LogP contribution in [0.25, 0.3) is 0 Å². The van der Waals surface area contributed by atoms with Gasteiger partial charge >= 0.3 is 0 Å². The fourth-order valence-corrected chi connectivity index (χ4v) is 6.94. The van der Waals surface area contributed by atoms with Crippen molar-refractivity contribution >= 4 is 0 Å². The Kier molecular flexibility index (Phi) is 5.66. The molecule has 204 valence electrons. The molecule has 0 unspecified atom stereocenters. The Morgan fingerprint density at radius 3 is 2.32 bits per heavy atom. The van der Waals surface area contributed by atoms with Gasteiger partial charge in [-0.25, -0.2) is 4.98 Å². The summed E-state index contributed by atoms with van der Waals surface area (Å²) < 4.78 is 12.5. The number of nitrogens with one attached hydrogen (secondary N) is 1. The minimum atomic E-state index is -1.75. The molecule has 2 aliphatic rings. The summed E-state index contributed by atoms with van der Waals surface area (Å²) >= 11 is 0. The molecule has 1 aromatic heterocycles. The molecule has 3 atom stereocenters. The second kappa shape index (κ2) is 9.18. The first-order valence-corrected chi connectivity index (χ1v) is 13.8. The number of nitrogens with zero attached hydrogens (tertiary/aromatic N) is 1. The van der Waals surface area contributed by atoms with Crippen molar-refractivity contribution in [3.63, 3.8) is 0 Å². The van der Waals surface area contributed by atoms with Gasteiger partial charge in [-0.15, -0.1) is 0 Å². The van der Waals surface area contributed by atoms with Crippen molar-refractivity contribution in [3.05, 3.63) is 158 Å². The smallest absolute Gasteiger partial charge is 0.255 e. The molecule has 4 aromatic carbocycles. The van der Waals surface area contributed by atoms with E-state index in [1.807, 2.05) is 111 Å². The highest BCUT2D eigenvalue weighted by atomic mass is 16.5. The van der Waals surface area contributed by atoms with Crippen LogP contribution in [-0.2, 0) is 17.6 Å². The molecule has 0 radical (unpaired) electrons. The number of H-pyrrole nitrogens is 1. The van der Waals surface area contributed by atoms with Crippen LogP contribution in [0, 0.1) is 13.8 Å². The second-order valence-electron chi connectivity index (χ2n) is 11.0. The van der Waals surface area contributed by atoms with E-state index in [1.165, 1.54) is 0 Å². The SMILES string of the molecule is COc1ccc([C@@]23Oc4cc(C)cc(C)c4[C@]2(O)c2nc(Cc4ccccc4)[nH]c(=O)c2[C@H]3c2ccccc2)cc1. The maximum Gasteiger partial charge on any atom is 0.255 e. The average molecular weight is 543 g/mol. The minimum Gasteiger partial charge on any atom is -0.497 e. The van der Waals surface area contributed by atoms with Gasteiger partial charge in [-0.05, 0) is 54.3 Å². The van der Waals surface area contributed by atoms with Crippen LogP contribution in [0.3, 0.4) is 0 Å². The summed E-state index contributed by atoms with van der Waals surface area (Å²) in [5, 5.41) is 13.3. The number of hydrogen-bond acceptors (Lipinski definition) is 5. The first-order chi connectivity index (χ1) is 19.9. The van der Waals surface area contributed by atoms with E-state index in [2.05, 4.69) is 4.98 Å². The van der Waals surface area contributed by atoms with Crippen molar-refractivity contribution in [2.45, 2.75) is 37.4 Å². The monoisotopic (exact) mass is 542 g/mol. The number of aromatic amines is 1. The van der Waals surface area contributed by atoms with Crippen molar-refractivity contribution < 1.29 is 14.6 Å². The van der Waals surface area contributed by atoms with Crippen LogP contribution in [-0.4, -0.2) is 22.2 Å². The summed E-state index contributed by atoms with van der Waals surface area (Å²) in [6, 6.07) is 31.2. The zero-order valence-electron chi connectivity index (χ0n) is 23.1. The van der Waals surface area contributed by atoms with Crippen molar-refractivity contribution in [1.82, 2.24) is 9.97 Å². The van der Waals surface area contributed by atoms with E-state index in [0.29, 0.717) is 40.6 Å². The van der Waals surface area contributed by atoms with Gasteiger partial charge in [0.2, 0.25) is 0 Å². The number of hydrogen-bond donors (Lipinski definition) is 2. The Labute approximate surface area is 238 Å². The Hall–Kier alpha value is -4.68. The maximum atomic E-state index is 14.1. The normalized spacial score (nSPS) is 22.0. The zero-order chi connectivity index (χ0) is 28.4. The lowest BCUT2D eigenvalue weighted by Crippen LogP contribution is -2.49. The summed E-state index contributed by atoms with van der Waals surface area (Å²) in [4.78, 5) is 22.2. The number of ether oxygens (including phenoxy) is 2. The molecule has 0 spiro atoms. The molecule has 0 saturated heterocycles. The summed E-state index contributed by atoms with van der Waals surface area (Å²) in [7, 11) is 1.62. The molecular weight excluding hydrogens is 512 g/mol. The van der Waals surface area contributed by atoms with E-state index >= 15 is 0 Å². The van der Waals surface area contributed by atoms with Crippen LogP contribution in [0.2, 0.25) is 0 Å². The highest BCUT2D eigenvalue weighted by Gasteiger charge is 2.73. The van der Waals surface area contributed by atoms with Crippen molar-refractivity contribution in [2.75, 3.05) is 7.11 Å². The zero-order valence-corrected chi connectivity index (χ0v) is 23.1. The number of aliphatic hydroxyl groups is 1. The number of benzene rings is 4. The lowest BCUT2D eigenvalue weighted by Gasteiger charge is -2.40. The van der Waals surface area contributed by atoms with Gasteiger partial charge in [0.05, 0.1) is 24.3 Å². The number of aromatic nitrogens is 2. The van der Waals surface area contributed by atoms with Crippen molar-refractivity contribution in [1.29, 1.82) is 0 Å². The molecule has 7 rings (SSSR count). The lowest BCUT2D eigenvalue weighted by atomic mass is 9.69. The van der Waals surface area contributed by atoms with E-state index in [-0.39, 0.29) is 5.56 Å². The van der Waals surface area contributed by atoms with Gasteiger partial charge in [0.25, 0.3) is 5.56 Å². The number of methoxy groups -OCH3 is 1. The van der Waals surface area contributed by atoms with E-state index < -0.39 is 17.1 Å². The van der Waals surface area contributed by atoms with Crippen LogP contribution in [0.4, 0.5) is 0 Å². The van der Waals surface area contributed by atoms with Crippen LogP contribution in [0.5, 0.6) is 11.5 Å². The molecule has 0 fully saturated rings. The fraction of sp³-hybridized carbons (Fsp3) is 0.200. The van der Waals surface area contributed by atoms with Gasteiger partial charge in [-0.2, -0.15) is 0 Å². The molecule has 6 nitrogen and oxygen atoms in total. The minimum absolute atomic E-state index is 0.277. The molecule has 6 heteroatoms. The highest BCUT2D eigenvalue weighted by Crippen LogP contribution is 2.68. The molecule has 2 heterocycles. The predicted molar refractivity (Wildman–Crippen MR) is 157 cm³/mol. The Bertz CT molecular complexity index is 1830. The number of fused-ring (bicyclic) bond motifs is 5. The topological polar surface area (TPSA) is 84.4 Å². The summed E-state index contributed by atoms with van der Waals surface area (Å²) in [6.07, 6.45) is 0.422. The molecule has 1 aliphatic heterocycles. The standard InChI is InChI=1S/C35H30N2O4/c1-21-18-22(2)30-27(19-21)41-35(25-14-16-26(40-3)17-15-25)31(24-12-8-5-9-13-24)29-32(34(30,35)39)36-28(37-33(29)38)20-23-10-6-4-7-11-23/h4-19,31,39H,20H2,1-3H3,(H,36,37,38)/t31-,34+,35+/m1/s1. The van der Waals surface area contributed by atoms with Gasteiger partial charge in [-0.1, -0.05) is 78.9 Å². The molecule has 5 aromatic rings. The Morgan fingerprint density at radius 2 is 1.63 bits per heavy atom. The first-order valence-electron chi connectivity index (χ1n) is 13.8. The van der Waals surface area contributed by atoms with E-state index in [4.69, 9.17) is 14.5 Å². The fourth-order valence-electron chi connectivity index (χ4n) is 6.94. The number of rotatable bonds is 5. The second-order valence-corrected chi connectivity index (χ2v) is 11.0. The third-order valence-corrected chi connectivity index (χ3v) is 8.52. The summed E-state index contributed by atoms with van der Waals surface area (Å²) in [5.74, 6) is 1.12. The molecule has 2 N–H and O–H groups in total. The molecule has 0 bridgehead atoms. The Balaban J connectivity index is 1.58. The predicted octanol–water partition coefficient (Wildman–Crippen LogP) is 5.66. The van der Waals surface area contributed by atoms with Crippen LogP contribution < -0.4 is 15.0 Å². The van der Waals surface area contributed by atoms with Gasteiger partial charge in [-0.3, -0.25) is 4.79 Å². The third-order valence-electron chi connectivity index (χ3n) is 8.52. The molecule has 0 saturated carbocycles. The molecule has 1 aliphatic carbocycles. The third kappa shape index (κ3) is 3.54. The summed E-state index contributed by atoms with van der Waals surface area (Å²) in [5.41, 5.74) is 2.47.